The molecule has 0 aliphatic rings. The van der Waals surface area contributed by atoms with Gasteiger partial charge in [0.1, 0.15) is 12.6 Å². The fourth-order valence-electron chi connectivity index (χ4n) is 3.54. The minimum absolute atomic E-state index is 0.0217. The molecule has 1 atom stereocenters. The van der Waals surface area contributed by atoms with Gasteiger partial charge in [0.15, 0.2) is 0 Å². The van der Waals surface area contributed by atoms with E-state index in [0.717, 1.165) is 4.31 Å². The van der Waals surface area contributed by atoms with E-state index in [-0.39, 0.29) is 32.2 Å². The van der Waals surface area contributed by atoms with Crippen molar-refractivity contribution < 1.29 is 18.0 Å². The first kappa shape index (κ1) is 29.1. The van der Waals surface area contributed by atoms with E-state index in [9.17, 15) is 18.0 Å². The fourth-order valence-corrected chi connectivity index (χ4v) is 5.76. The number of hydrogen-bond acceptors (Lipinski definition) is 4. The van der Waals surface area contributed by atoms with Crippen LogP contribution in [0.1, 0.15) is 12.5 Å². The quantitative estimate of drug-likeness (QED) is 0.342. The molecule has 0 aliphatic heterocycles. The van der Waals surface area contributed by atoms with Gasteiger partial charge in [-0.25, -0.2) is 8.42 Å². The van der Waals surface area contributed by atoms with Crippen molar-refractivity contribution in [1.82, 2.24) is 10.2 Å². The molecule has 0 heterocycles. The molecular weight excluding hydrogens is 580 g/mol. The minimum atomic E-state index is -4.26. The molecule has 3 rings (SSSR count). The van der Waals surface area contributed by atoms with Crippen molar-refractivity contribution in [2.75, 3.05) is 17.9 Å². The summed E-state index contributed by atoms with van der Waals surface area (Å²) in [6.07, 6.45) is 0. The second-order valence-electron chi connectivity index (χ2n) is 7.96. The fraction of sp³-hybridized carbons (Fsp3) is 0.200. The lowest BCUT2D eigenvalue weighted by atomic mass is 10.1. The van der Waals surface area contributed by atoms with Crippen LogP contribution >= 0.6 is 46.4 Å². The normalized spacial score (nSPS) is 12.1. The summed E-state index contributed by atoms with van der Waals surface area (Å²) in [4.78, 5) is 27.5. The van der Waals surface area contributed by atoms with Gasteiger partial charge in [-0.3, -0.25) is 13.9 Å². The maximum atomic E-state index is 13.7. The first-order valence-corrected chi connectivity index (χ1v) is 13.9. The second kappa shape index (κ2) is 12.4. The zero-order valence-electron chi connectivity index (χ0n) is 19.8. The van der Waals surface area contributed by atoms with Gasteiger partial charge in [-0.1, -0.05) is 76.7 Å². The molecule has 7 nitrogen and oxygen atoms in total. The van der Waals surface area contributed by atoms with E-state index in [2.05, 4.69) is 5.32 Å². The molecule has 0 unspecified atom stereocenters. The number of nitrogens with one attached hydrogen (secondary N) is 1. The number of rotatable bonds is 9. The summed E-state index contributed by atoms with van der Waals surface area (Å²) in [6.45, 7) is 0.851. The van der Waals surface area contributed by atoms with Gasteiger partial charge in [0.2, 0.25) is 11.8 Å². The number of carbonyl (C=O) groups is 2. The predicted molar refractivity (Wildman–Crippen MR) is 148 cm³/mol. The van der Waals surface area contributed by atoms with Crippen molar-refractivity contribution in [3.8, 4) is 0 Å². The maximum absolute atomic E-state index is 13.7. The number of amides is 2. The number of halogens is 4. The molecule has 3 aromatic carbocycles. The molecule has 0 radical (unpaired) electrons. The van der Waals surface area contributed by atoms with Crippen molar-refractivity contribution in [2.24, 2.45) is 0 Å². The summed E-state index contributed by atoms with van der Waals surface area (Å²) >= 11 is 24.7. The Morgan fingerprint density at radius 2 is 1.57 bits per heavy atom. The highest BCUT2D eigenvalue weighted by Crippen LogP contribution is 2.35. The van der Waals surface area contributed by atoms with Gasteiger partial charge < -0.3 is 10.2 Å². The zero-order valence-corrected chi connectivity index (χ0v) is 23.6. The van der Waals surface area contributed by atoms with Gasteiger partial charge in [0.05, 0.1) is 30.7 Å². The van der Waals surface area contributed by atoms with E-state index in [1.54, 1.807) is 36.4 Å². The Morgan fingerprint density at radius 3 is 2.19 bits per heavy atom. The van der Waals surface area contributed by atoms with E-state index in [0.29, 0.717) is 10.6 Å². The van der Waals surface area contributed by atoms with Crippen molar-refractivity contribution in [3.05, 3.63) is 92.4 Å². The molecule has 2 amide bonds. The SMILES string of the molecule is CNC(=O)[C@H](C)N(Cc1ccc(Cl)c(Cl)c1)C(=O)CN(c1cccc(Cl)c1Cl)S(=O)(=O)c1ccccc1. The van der Waals surface area contributed by atoms with Crippen LogP contribution in [0.3, 0.4) is 0 Å². The molecule has 196 valence electrons. The molecule has 0 bridgehead atoms. The lowest BCUT2D eigenvalue weighted by molar-refractivity contribution is -0.139. The van der Waals surface area contributed by atoms with Gasteiger partial charge in [0.25, 0.3) is 10.0 Å². The van der Waals surface area contributed by atoms with Crippen molar-refractivity contribution in [3.63, 3.8) is 0 Å². The largest absolute Gasteiger partial charge is 0.357 e. The first-order valence-electron chi connectivity index (χ1n) is 10.9. The summed E-state index contributed by atoms with van der Waals surface area (Å²) in [5.74, 6) is -1.09. The van der Waals surface area contributed by atoms with Gasteiger partial charge >= 0.3 is 0 Å². The lowest BCUT2D eigenvalue weighted by Gasteiger charge is -2.32. The Hall–Kier alpha value is -2.49. The van der Waals surface area contributed by atoms with E-state index in [1.165, 1.54) is 49.2 Å². The van der Waals surface area contributed by atoms with E-state index < -0.39 is 34.4 Å². The third-order valence-electron chi connectivity index (χ3n) is 5.56. The number of nitrogens with zero attached hydrogens (tertiary/aromatic N) is 2. The van der Waals surface area contributed by atoms with Gasteiger partial charge in [-0.05, 0) is 48.9 Å². The average molecular weight is 603 g/mol. The molecule has 37 heavy (non-hydrogen) atoms. The summed E-state index contributed by atoms with van der Waals surface area (Å²) in [7, 11) is -2.81. The van der Waals surface area contributed by atoms with Crippen LogP contribution in [0.5, 0.6) is 0 Å². The maximum Gasteiger partial charge on any atom is 0.264 e. The van der Waals surface area contributed by atoms with Gasteiger partial charge in [0, 0.05) is 13.6 Å². The van der Waals surface area contributed by atoms with Crippen LogP contribution in [0, 0.1) is 0 Å². The summed E-state index contributed by atoms with van der Waals surface area (Å²) in [5.41, 5.74) is 0.616. The van der Waals surface area contributed by atoms with Crippen molar-refractivity contribution >= 4 is 73.9 Å². The molecule has 0 saturated carbocycles. The number of anilines is 1. The number of hydrogen-bond donors (Lipinski definition) is 1. The number of carbonyl (C=O) groups excluding carboxylic acids is 2. The predicted octanol–water partition coefficient (Wildman–Crippen LogP) is 5.66. The number of likely N-dealkylation sites (N-methyl/N-ethyl adjacent to an activating group) is 1. The van der Waals surface area contributed by atoms with Crippen molar-refractivity contribution in [1.29, 1.82) is 0 Å². The first-order chi connectivity index (χ1) is 17.5. The van der Waals surface area contributed by atoms with E-state index in [4.69, 9.17) is 46.4 Å². The molecule has 0 aliphatic carbocycles. The monoisotopic (exact) mass is 601 g/mol. The highest BCUT2D eigenvalue weighted by atomic mass is 35.5. The summed E-state index contributed by atoms with van der Waals surface area (Å²) in [5, 5.41) is 3.20. The van der Waals surface area contributed by atoms with E-state index in [1.807, 2.05) is 0 Å². The standard InChI is InChI=1S/C25H23Cl4N3O4S/c1-16(25(34)30-2)31(14-17-11-12-19(26)21(28)13-17)23(33)15-32(22-10-6-9-20(27)24(22)29)37(35,36)18-7-4-3-5-8-18/h3-13,16H,14-15H2,1-2H3,(H,30,34)/t16-/m0/s1. The van der Waals surface area contributed by atoms with Crippen LogP contribution in [0.4, 0.5) is 5.69 Å². The van der Waals surface area contributed by atoms with E-state index >= 15 is 0 Å². The Bertz CT molecular complexity index is 1400. The summed E-state index contributed by atoms with van der Waals surface area (Å²) < 4.78 is 28.3. The highest BCUT2D eigenvalue weighted by Gasteiger charge is 2.33. The molecular formula is C25H23Cl4N3O4S. The second-order valence-corrected chi connectivity index (χ2v) is 11.4. The van der Waals surface area contributed by atoms with Crippen molar-refractivity contribution in [2.45, 2.75) is 24.4 Å². The van der Waals surface area contributed by atoms with Crippen LogP contribution in [0.25, 0.3) is 0 Å². The molecule has 1 N–H and O–H groups in total. The molecule has 0 saturated heterocycles. The Balaban J connectivity index is 2.07. The molecule has 0 fully saturated rings. The van der Waals surface area contributed by atoms with Crippen LogP contribution < -0.4 is 9.62 Å². The van der Waals surface area contributed by atoms with Crippen LogP contribution in [-0.2, 0) is 26.2 Å². The third kappa shape index (κ3) is 6.69. The molecule has 0 aromatic heterocycles. The zero-order chi connectivity index (χ0) is 27.3. The highest BCUT2D eigenvalue weighted by molar-refractivity contribution is 7.92. The molecule has 12 heteroatoms. The van der Waals surface area contributed by atoms with Crippen LogP contribution in [0.2, 0.25) is 20.1 Å². The van der Waals surface area contributed by atoms with Gasteiger partial charge in [-0.15, -0.1) is 0 Å². The summed E-state index contributed by atoms with van der Waals surface area (Å²) in [6, 6.07) is 16.0. The average Bonchev–Trinajstić information content (AvgIpc) is 2.89. The van der Waals surface area contributed by atoms with Crippen LogP contribution in [-0.4, -0.2) is 44.8 Å². The molecule has 3 aromatic rings. The smallest absolute Gasteiger partial charge is 0.264 e. The Labute approximate surface area is 235 Å². The Kier molecular flexibility index (Phi) is 9.72. The number of benzene rings is 3. The third-order valence-corrected chi connectivity index (χ3v) is 8.88. The Morgan fingerprint density at radius 1 is 0.892 bits per heavy atom. The number of sulfonamides is 1. The minimum Gasteiger partial charge on any atom is -0.357 e. The van der Waals surface area contributed by atoms with Crippen LogP contribution in [0.15, 0.2) is 71.6 Å². The lowest BCUT2D eigenvalue weighted by Crippen LogP contribution is -2.50. The topological polar surface area (TPSA) is 86.8 Å². The van der Waals surface area contributed by atoms with Gasteiger partial charge in [-0.2, -0.15) is 0 Å². The molecule has 0 spiro atoms.